The van der Waals surface area contributed by atoms with Gasteiger partial charge in [-0.3, -0.25) is 0 Å². The first-order valence-corrected chi connectivity index (χ1v) is 14.2. The fraction of sp³-hybridized carbons (Fsp3) is 0.308. The van der Waals surface area contributed by atoms with E-state index in [0.29, 0.717) is 6.54 Å². The second-order valence-electron chi connectivity index (χ2n) is 9.06. The molecule has 8 heteroatoms. The molecule has 1 heterocycles. The number of hydrogen-bond donors (Lipinski definition) is 1. The quantitative estimate of drug-likeness (QED) is 0.611. The molecule has 0 radical (unpaired) electrons. The van der Waals surface area contributed by atoms with Crippen molar-refractivity contribution in [1.82, 2.24) is 9.03 Å². The van der Waals surface area contributed by atoms with Gasteiger partial charge in [0.25, 0.3) is 0 Å². The molecular weight excluding hydrogens is 468 g/mol. The van der Waals surface area contributed by atoms with Gasteiger partial charge in [0.15, 0.2) is 0 Å². The van der Waals surface area contributed by atoms with Crippen LogP contribution in [0.15, 0.2) is 93.8 Å². The highest BCUT2D eigenvalue weighted by atomic mass is 32.2. The number of benzene rings is 2. The molecule has 2 atom stereocenters. The molecule has 0 aromatic heterocycles. The maximum atomic E-state index is 13.2. The minimum absolute atomic E-state index is 0.0416. The van der Waals surface area contributed by atoms with Crippen LogP contribution in [0.25, 0.3) is 0 Å². The molecule has 0 amide bonds. The average molecular weight is 499 g/mol. The summed E-state index contributed by atoms with van der Waals surface area (Å²) in [6.07, 6.45) is 8.07. The summed E-state index contributed by atoms with van der Waals surface area (Å²) >= 11 is 0. The van der Waals surface area contributed by atoms with E-state index in [2.05, 4.69) is 10.8 Å². The van der Waals surface area contributed by atoms with Crippen molar-refractivity contribution in [3.05, 3.63) is 95.1 Å². The molecule has 1 N–H and O–H groups in total. The number of nitrogens with zero attached hydrogens (tertiary/aromatic N) is 1. The Labute approximate surface area is 202 Å². The highest BCUT2D eigenvalue weighted by Gasteiger charge is 2.35. The largest absolute Gasteiger partial charge is 0.243 e. The summed E-state index contributed by atoms with van der Waals surface area (Å²) in [5.41, 5.74) is 3.77. The lowest BCUT2D eigenvalue weighted by atomic mass is 9.94. The molecule has 0 unspecified atom stereocenters. The van der Waals surface area contributed by atoms with Gasteiger partial charge in [0, 0.05) is 25.6 Å². The summed E-state index contributed by atoms with van der Waals surface area (Å²) in [6, 6.07) is 13.6. The maximum absolute atomic E-state index is 13.2. The minimum Gasteiger partial charge on any atom is -0.207 e. The fourth-order valence-corrected chi connectivity index (χ4v) is 6.65. The van der Waals surface area contributed by atoms with Gasteiger partial charge >= 0.3 is 0 Å². The molecule has 180 valence electrons. The van der Waals surface area contributed by atoms with E-state index in [1.54, 1.807) is 48.5 Å². The van der Waals surface area contributed by atoms with E-state index in [-0.39, 0.29) is 34.7 Å². The third-order valence-electron chi connectivity index (χ3n) is 6.19. The lowest BCUT2D eigenvalue weighted by molar-refractivity contribution is 0.471. The van der Waals surface area contributed by atoms with E-state index in [4.69, 9.17) is 0 Å². The summed E-state index contributed by atoms with van der Waals surface area (Å²) in [5.74, 6) is 0.0551. The van der Waals surface area contributed by atoms with Crippen LogP contribution in [-0.2, 0) is 20.0 Å². The molecule has 6 nitrogen and oxygen atoms in total. The van der Waals surface area contributed by atoms with E-state index in [1.807, 2.05) is 39.0 Å². The van der Waals surface area contributed by atoms with Gasteiger partial charge in [-0.15, -0.1) is 0 Å². The second-order valence-corrected chi connectivity index (χ2v) is 12.8. The third-order valence-corrected chi connectivity index (χ3v) is 9.43. The summed E-state index contributed by atoms with van der Waals surface area (Å²) in [7, 11) is -7.27. The number of rotatable bonds is 6. The Balaban J connectivity index is 1.55. The van der Waals surface area contributed by atoms with Crippen molar-refractivity contribution in [2.45, 2.75) is 30.6 Å². The van der Waals surface area contributed by atoms with Crippen molar-refractivity contribution in [3.63, 3.8) is 0 Å². The molecule has 0 spiro atoms. The molecule has 1 fully saturated rings. The van der Waals surface area contributed by atoms with Crippen LogP contribution in [0.2, 0.25) is 0 Å². The minimum atomic E-state index is -3.66. The predicted molar refractivity (Wildman–Crippen MR) is 134 cm³/mol. The Morgan fingerprint density at radius 3 is 2.09 bits per heavy atom. The lowest BCUT2D eigenvalue weighted by Gasteiger charge is -2.15. The van der Waals surface area contributed by atoms with E-state index >= 15 is 0 Å². The van der Waals surface area contributed by atoms with E-state index < -0.39 is 20.0 Å². The van der Waals surface area contributed by atoms with Gasteiger partial charge in [0.05, 0.1) is 9.79 Å². The first-order valence-electron chi connectivity index (χ1n) is 11.3. The van der Waals surface area contributed by atoms with Gasteiger partial charge < -0.3 is 0 Å². The van der Waals surface area contributed by atoms with Crippen LogP contribution in [0, 0.1) is 25.7 Å². The van der Waals surface area contributed by atoms with Crippen LogP contribution < -0.4 is 4.72 Å². The van der Waals surface area contributed by atoms with Crippen molar-refractivity contribution in [2.75, 3.05) is 19.6 Å². The Morgan fingerprint density at radius 1 is 0.882 bits per heavy atom. The van der Waals surface area contributed by atoms with Gasteiger partial charge in [-0.05, 0) is 55.2 Å². The van der Waals surface area contributed by atoms with Crippen molar-refractivity contribution >= 4 is 20.0 Å². The zero-order valence-electron chi connectivity index (χ0n) is 19.6. The molecule has 34 heavy (non-hydrogen) atoms. The van der Waals surface area contributed by atoms with Crippen molar-refractivity contribution in [1.29, 1.82) is 0 Å². The van der Waals surface area contributed by atoms with Gasteiger partial charge in [0.1, 0.15) is 0 Å². The maximum Gasteiger partial charge on any atom is 0.243 e. The molecular formula is C26H30N2O4S2. The van der Waals surface area contributed by atoms with Crippen LogP contribution in [0.4, 0.5) is 0 Å². The van der Waals surface area contributed by atoms with Crippen LogP contribution >= 0.6 is 0 Å². The van der Waals surface area contributed by atoms with Gasteiger partial charge in [-0.1, -0.05) is 66.6 Å². The Kier molecular flexibility index (Phi) is 6.96. The molecule has 2 aromatic carbocycles. The molecule has 2 aliphatic rings. The smallest absolute Gasteiger partial charge is 0.207 e. The van der Waals surface area contributed by atoms with E-state index in [0.717, 1.165) is 22.3 Å². The third kappa shape index (κ3) is 5.41. The van der Waals surface area contributed by atoms with E-state index in [1.165, 1.54) is 4.31 Å². The normalized spacial score (nSPS) is 25.4. The monoisotopic (exact) mass is 498 g/mol. The number of allylic oxidation sites excluding steroid dienone is 2. The zero-order valence-corrected chi connectivity index (χ0v) is 21.2. The molecule has 1 aliphatic carbocycles. The molecule has 1 aliphatic heterocycles. The highest BCUT2D eigenvalue weighted by molar-refractivity contribution is 7.89. The van der Waals surface area contributed by atoms with Crippen molar-refractivity contribution in [3.8, 4) is 0 Å². The summed E-state index contributed by atoms with van der Waals surface area (Å²) in [4.78, 5) is 0.506. The molecule has 2 aromatic rings. The van der Waals surface area contributed by atoms with Gasteiger partial charge in [-0.25, -0.2) is 21.6 Å². The number of hydrogen-bond acceptors (Lipinski definition) is 4. The summed E-state index contributed by atoms with van der Waals surface area (Å²) in [5, 5.41) is 0. The Hall–Kier alpha value is -2.52. The van der Waals surface area contributed by atoms with Crippen LogP contribution in [-0.4, -0.2) is 40.8 Å². The highest BCUT2D eigenvalue weighted by Crippen LogP contribution is 2.32. The van der Waals surface area contributed by atoms with E-state index in [9.17, 15) is 16.8 Å². The standard InChI is InChI=1S/C26H30N2O4S2/c1-19-5-10-25(11-6-19)33(29,30)27-16-22-14-21(3)4-9-23-17-28(18-24(23)15-22)34(31,32)26-12-7-20(2)8-13-26/h4-15,21,23,27H,16-18H2,1-3H3/b9-4-,22-14+,24-15-/t21-,23-/m1/s1. The molecule has 1 saturated heterocycles. The SMILES string of the molecule is Cc1ccc(S(=O)(=O)NCC2=C/[C@H](C)/C=C\[C@@H]3CN(S(=O)(=O)c4ccc(C)cc4)C\C3=C\2)cc1. The predicted octanol–water partition coefficient (Wildman–Crippen LogP) is 3.96. The average Bonchev–Trinajstić information content (AvgIpc) is 3.18. The van der Waals surface area contributed by atoms with Crippen LogP contribution in [0.5, 0.6) is 0 Å². The topological polar surface area (TPSA) is 83.6 Å². The Bertz CT molecular complexity index is 1350. The summed E-state index contributed by atoms with van der Waals surface area (Å²) < 4.78 is 56.1. The molecule has 0 saturated carbocycles. The van der Waals surface area contributed by atoms with Gasteiger partial charge in [0.2, 0.25) is 20.0 Å². The lowest BCUT2D eigenvalue weighted by Crippen LogP contribution is -2.28. The van der Waals surface area contributed by atoms with Gasteiger partial charge in [-0.2, -0.15) is 4.31 Å². The zero-order chi connectivity index (χ0) is 24.5. The first kappa shape index (κ1) is 24.6. The van der Waals surface area contributed by atoms with Crippen LogP contribution in [0.1, 0.15) is 18.1 Å². The van der Waals surface area contributed by atoms with Crippen molar-refractivity contribution < 1.29 is 16.8 Å². The number of sulfonamides is 2. The first-order chi connectivity index (χ1) is 16.0. The number of aryl methyl sites for hydroxylation is 2. The molecule has 4 rings (SSSR count). The van der Waals surface area contributed by atoms with Crippen molar-refractivity contribution in [2.24, 2.45) is 11.8 Å². The molecule has 0 bridgehead atoms. The number of fused-ring (bicyclic) bond motifs is 1. The number of nitrogens with one attached hydrogen (secondary N) is 1. The van der Waals surface area contributed by atoms with Crippen LogP contribution in [0.3, 0.4) is 0 Å². The Morgan fingerprint density at radius 2 is 1.47 bits per heavy atom. The fourth-order valence-electron chi connectivity index (χ4n) is 4.18. The second kappa shape index (κ2) is 9.62. The summed E-state index contributed by atoms with van der Waals surface area (Å²) in [6.45, 7) is 6.64.